The average molecular weight is 425 g/mol. The Balaban J connectivity index is 1.92. The number of rotatable bonds is 3. The molecule has 30 heavy (non-hydrogen) atoms. The number of alkyl halides is 3. The zero-order valence-corrected chi connectivity index (χ0v) is 16.7. The Labute approximate surface area is 171 Å². The van der Waals surface area contributed by atoms with Crippen LogP contribution in [0.5, 0.6) is 0 Å². The van der Waals surface area contributed by atoms with Gasteiger partial charge in [-0.05, 0) is 38.5 Å². The van der Waals surface area contributed by atoms with Gasteiger partial charge in [-0.2, -0.15) is 18.3 Å². The molecule has 2 aromatic rings. The van der Waals surface area contributed by atoms with Gasteiger partial charge in [0.25, 0.3) is 0 Å². The first-order valence-corrected chi connectivity index (χ1v) is 9.29. The van der Waals surface area contributed by atoms with E-state index in [1.807, 2.05) is 0 Å². The van der Waals surface area contributed by atoms with Crippen LogP contribution < -0.4 is 4.90 Å². The first-order chi connectivity index (χ1) is 13.8. The quantitative estimate of drug-likeness (QED) is 0.805. The van der Waals surface area contributed by atoms with Crippen molar-refractivity contribution in [1.29, 1.82) is 0 Å². The molecule has 1 atom stereocenters. The Morgan fingerprint density at radius 3 is 2.33 bits per heavy atom. The van der Waals surface area contributed by atoms with E-state index in [0.717, 1.165) is 12.1 Å². The molecular weight excluding hydrogens is 403 g/mol. The molecule has 0 fully saturated rings. The van der Waals surface area contributed by atoms with Gasteiger partial charge in [0.15, 0.2) is 0 Å². The van der Waals surface area contributed by atoms with E-state index in [1.54, 1.807) is 20.8 Å². The van der Waals surface area contributed by atoms with Crippen molar-refractivity contribution in [2.75, 3.05) is 11.4 Å². The third-order valence-corrected chi connectivity index (χ3v) is 4.58. The number of fused-ring (bicyclic) bond motifs is 1. The molecule has 0 spiro atoms. The predicted octanol–water partition coefficient (Wildman–Crippen LogP) is 3.95. The van der Waals surface area contributed by atoms with Crippen molar-refractivity contribution >= 4 is 17.9 Å². The maximum absolute atomic E-state index is 12.8. The van der Waals surface area contributed by atoms with E-state index in [-0.39, 0.29) is 19.5 Å². The monoisotopic (exact) mass is 425 g/mol. The third-order valence-electron chi connectivity index (χ3n) is 4.58. The molecule has 0 saturated carbocycles. The highest BCUT2D eigenvalue weighted by atomic mass is 19.4. The van der Waals surface area contributed by atoms with E-state index in [2.05, 4.69) is 5.10 Å². The van der Waals surface area contributed by atoms with Crippen molar-refractivity contribution in [2.24, 2.45) is 5.92 Å². The average Bonchev–Trinajstić information content (AvgIpc) is 3.02. The van der Waals surface area contributed by atoms with Crippen LogP contribution in [0.4, 0.5) is 23.8 Å². The number of carboxylic acid groups (broad SMARTS) is 1. The number of carbonyl (C=O) groups is 2. The highest BCUT2D eigenvalue weighted by Gasteiger charge is 2.37. The predicted molar refractivity (Wildman–Crippen MR) is 101 cm³/mol. The van der Waals surface area contributed by atoms with E-state index in [1.165, 1.54) is 27.9 Å². The molecule has 1 aliphatic heterocycles. The van der Waals surface area contributed by atoms with Crippen molar-refractivity contribution in [2.45, 2.75) is 45.5 Å². The Kier molecular flexibility index (Phi) is 5.53. The van der Waals surface area contributed by atoms with Gasteiger partial charge in [0.1, 0.15) is 11.4 Å². The Hall–Kier alpha value is -3.04. The van der Waals surface area contributed by atoms with Crippen LogP contribution in [0, 0.1) is 5.92 Å². The van der Waals surface area contributed by atoms with Gasteiger partial charge in [0, 0.05) is 18.5 Å². The fourth-order valence-electron chi connectivity index (χ4n) is 3.23. The number of aromatic nitrogens is 2. The largest absolute Gasteiger partial charge is 0.481 e. The standard InChI is InChI=1S/C20H22F3N3O4/c1-19(2,3)30-18(29)25-10-14(17(27)28)11-26-16(25)13(9-24-26)8-12-4-6-15(7-5-12)20(21,22)23/h4-7,9,14H,8,10-11H2,1-3H3,(H,27,28). The molecule has 2 heterocycles. The number of nitrogens with zero attached hydrogens (tertiary/aromatic N) is 3. The molecule has 1 aliphatic rings. The summed E-state index contributed by atoms with van der Waals surface area (Å²) in [6, 6.07) is 4.73. The highest BCUT2D eigenvalue weighted by Crippen LogP contribution is 2.32. The summed E-state index contributed by atoms with van der Waals surface area (Å²) < 4.78 is 45.2. The van der Waals surface area contributed by atoms with Crippen LogP contribution in [0.25, 0.3) is 0 Å². The summed E-state index contributed by atoms with van der Waals surface area (Å²) in [5.74, 6) is -1.53. The smallest absolute Gasteiger partial charge is 0.416 e. The van der Waals surface area contributed by atoms with E-state index in [0.29, 0.717) is 16.9 Å². The Morgan fingerprint density at radius 2 is 1.80 bits per heavy atom. The van der Waals surface area contributed by atoms with Gasteiger partial charge in [0.05, 0.1) is 24.2 Å². The minimum Gasteiger partial charge on any atom is -0.481 e. The van der Waals surface area contributed by atoms with Gasteiger partial charge in [-0.1, -0.05) is 12.1 Å². The van der Waals surface area contributed by atoms with Gasteiger partial charge in [-0.25, -0.2) is 9.48 Å². The van der Waals surface area contributed by atoms with Crippen molar-refractivity contribution in [3.8, 4) is 0 Å². The molecule has 162 valence electrons. The third kappa shape index (κ3) is 4.74. The van der Waals surface area contributed by atoms with Crippen LogP contribution in [0.1, 0.15) is 37.5 Å². The molecule has 0 radical (unpaired) electrons. The van der Waals surface area contributed by atoms with Gasteiger partial charge in [0.2, 0.25) is 0 Å². The molecule has 3 rings (SSSR count). The molecular formula is C20H22F3N3O4. The van der Waals surface area contributed by atoms with E-state index in [4.69, 9.17) is 4.74 Å². The molecule has 0 aliphatic carbocycles. The number of anilines is 1. The molecule has 1 aromatic carbocycles. The number of benzene rings is 1. The van der Waals surface area contributed by atoms with E-state index in [9.17, 15) is 27.9 Å². The summed E-state index contributed by atoms with van der Waals surface area (Å²) in [7, 11) is 0. The van der Waals surface area contributed by atoms with Crippen LogP contribution in [0.3, 0.4) is 0 Å². The number of hydrogen-bond acceptors (Lipinski definition) is 4. The molecule has 1 unspecified atom stereocenters. The van der Waals surface area contributed by atoms with E-state index < -0.39 is 35.3 Å². The van der Waals surface area contributed by atoms with Crippen LogP contribution in [-0.4, -0.2) is 39.1 Å². The van der Waals surface area contributed by atoms with Crippen LogP contribution in [0.15, 0.2) is 30.5 Å². The van der Waals surface area contributed by atoms with E-state index >= 15 is 0 Å². The maximum Gasteiger partial charge on any atom is 0.416 e. The van der Waals surface area contributed by atoms with Crippen molar-refractivity contribution in [1.82, 2.24) is 9.78 Å². The second-order valence-electron chi connectivity index (χ2n) is 8.17. The second-order valence-corrected chi connectivity index (χ2v) is 8.17. The lowest BCUT2D eigenvalue weighted by atomic mass is 10.0. The summed E-state index contributed by atoms with van der Waals surface area (Å²) >= 11 is 0. The number of hydrogen-bond donors (Lipinski definition) is 1. The normalized spacial score (nSPS) is 16.9. The molecule has 1 N–H and O–H groups in total. The second kappa shape index (κ2) is 7.66. The summed E-state index contributed by atoms with van der Waals surface area (Å²) in [6.45, 7) is 5.09. The van der Waals surface area contributed by atoms with Crippen molar-refractivity contribution < 1.29 is 32.6 Å². The van der Waals surface area contributed by atoms with Gasteiger partial charge >= 0.3 is 18.2 Å². The number of carbonyl (C=O) groups excluding carboxylic acids is 1. The minimum absolute atomic E-state index is 0.0803. The fourth-order valence-corrected chi connectivity index (χ4v) is 3.23. The molecule has 1 amide bonds. The van der Waals surface area contributed by atoms with Crippen LogP contribution in [-0.2, 0) is 28.7 Å². The fraction of sp³-hybridized carbons (Fsp3) is 0.450. The summed E-state index contributed by atoms with van der Waals surface area (Å²) in [5.41, 5.74) is -0.346. The lowest BCUT2D eigenvalue weighted by molar-refractivity contribution is -0.142. The zero-order valence-electron chi connectivity index (χ0n) is 16.7. The highest BCUT2D eigenvalue weighted by molar-refractivity contribution is 5.89. The number of aliphatic carboxylic acids is 1. The molecule has 10 heteroatoms. The maximum atomic E-state index is 12.8. The topological polar surface area (TPSA) is 84.7 Å². The van der Waals surface area contributed by atoms with Gasteiger partial charge in [-0.15, -0.1) is 0 Å². The molecule has 0 saturated heterocycles. The first-order valence-electron chi connectivity index (χ1n) is 9.29. The van der Waals surface area contributed by atoms with Crippen molar-refractivity contribution in [3.63, 3.8) is 0 Å². The zero-order chi connectivity index (χ0) is 22.3. The van der Waals surface area contributed by atoms with Gasteiger partial charge in [-0.3, -0.25) is 9.69 Å². The Morgan fingerprint density at radius 1 is 1.17 bits per heavy atom. The summed E-state index contributed by atoms with van der Waals surface area (Å²) in [6.07, 6.45) is -3.41. The number of carboxylic acids is 1. The Bertz CT molecular complexity index is 946. The molecule has 7 nitrogen and oxygen atoms in total. The van der Waals surface area contributed by atoms with Gasteiger partial charge < -0.3 is 9.84 Å². The first kappa shape index (κ1) is 21.7. The number of ether oxygens (including phenoxy) is 1. The summed E-state index contributed by atoms with van der Waals surface area (Å²) in [5, 5.41) is 13.6. The summed E-state index contributed by atoms with van der Waals surface area (Å²) in [4.78, 5) is 25.5. The molecule has 0 bridgehead atoms. The number of halogens is 3. The van der Waals surface area contributed by atoms with Crippen LogP contribution >= 0.6 is 0 Å². The van der Waals surface area contributed by atoms with Crippen molar-refractivity contribution in [3.05, 3.63) is 47.2 Å². The molecule has 1 aromatic heterocycles. The minimum atomic E-state index is -4.42. The lowest BCUT2D eigenvalue weighted by Gasteiger charge is -2.33. The van der Waals surface area contributed by atoms with Crippen LogP contribution in [0.2, 0.25) is 0 Å². The SMILES string of the molecule is CC(C)(C)OC(=O)N1CC(C(=O)O)Cn2ncc(Cc3ccc(C(F)(F)F)cc3)c21. The lowest BCUT2D eigenvalue weighted by Crippen LogP contribution is -2.47. The number of amides is 1.